The summed E-state index contributed by atoms with van der Waals surface area (Å²) in [5.74, 6) is -1.79. The number of rotatable bonds is 4. The van der Waals surface area contributed by atoms with Gasteiger partial charge in [0.1, 0.15) is 5.82 Å². The summed E-state index contributed by atoms with van der Waals surface area (Å²) in [6, 6.07) is 3.88. The van der Waals surface area contributed by atoms with Gasteiger partial charge >= 0.3 is 0 Å². The van der Waals surface area contributed by atoms with Gasteiger partial charge in [0.15, 0.2) is 0 Å². The molecule has 0 saturated carbocycles. The molecule has 112 valence electrons. The van der Waals surface area contributed by atoms with Crippen molar-refractivity contribution in [3.63, 3.8) is 0 Å². The van der Waals surface area contributed by atoms with E-state index in [0.717, 1.165) is 0 Å². The molecule has 1 heterocycles. The summed E-state index contributed by atoms with van der Waals surface area (Å²) in [5, 5.41) is 4.57. The van der Waals surface area contributed by atoms with Crippen molar-refractivity contribution in [1.82, 2.24) is 10.2 Å². The fourth-order valence-corrected chi connectivity index (χ4v) is 1.97. The summed E-state index contributed by atoms with van der Waals surface area (Å²) in [4.78, 5) is 35.6. The Morgan fingerprint density at radius 1 is 1.33 bits per heavy atom. The molecule has 4 N–H and O–H groups in total. The number of nitrogens with zero attached hydrogens (tertiary/aromatic N) is 1. The van der Waals surface area contributed by atoms with Crippen LogP contribution in [0, 0.1) is 5.82 Å². The van der Waals surface area contributed by atoms with Crippen LogP contribution in [0.5, 0.6) is 0 Å². The molecule has 1 fully saturated rings. The van der Waals surface area contributed by atoms with E-state index < -0.39 is 23.5 Å². The second-order valence-corrected chi connectivity index (χ2v) is 4.72. The number of carbonyl (C=O) groups excluding carboxylic acids is 3. The first-order chi connectivity index (χ1) is 9.94. The van der Waals surface area contributed by atoms with E-state index in [9.17, 15) is 18.8 Å². The summed E-state index contributed by atoms with van der Waals surface area (Å²) in [5.41, 5.74) is 5.86. The predicted octanol–water partition coefficient (Wildman–Crippen LogP) is -0.305. The molecule has 1 aliphatic rings. The van der Waals surface area contributed by atoms with E-state index in [0.29, 0.717) is 5.69 Å². The number of anilines is 2. The number of imide groups is 1. The molecule has 0 unspecified atom stereocenters. The molecule has 1 aliphatic heterocycles. The third kappa shape index (κ3) is 4.25. The second-order valence-electron chi connectivity index (χ2n) is 4.72. The fourth-order valence-electron chi connectivity index (χ4n) is 1.97. The van der Waals surface area contributed by atoms with Crippen LogP contribution < -0.4 is 16.4 Å². The first kappa shape index (κ1) is 14.9. The summed E-state index contributed by atoms with van der Waals surface area (Å²) >= 11 is 0. The quantitative estimate of drug-likeness (QED) is 0.522. The Kier molecular flexibility index (Phi) is 4.49. The first-order valence-electron chi connectivity index (χ1n) is 6.34. The Morgan fingerprint density at radius 2 is 2.00 bits per heavy atom. The number of nitrogens with two attached hydrogens (primary N) is 1. The number of piperazine rings is 1. The highest BCUT2D eigenvalue weighted by atomic mass is 19.1. The lowest BCUT2D eigenvalue weighted by Gasteiger charge is -2.24. The Balaban J connectivity index is 1.86. The third-order valence-electron chi connectivity index (χ3n) is 2.93. The maximum Gasteiger partial charge on any atom is 0.240 e. The molecule has 3 amide bonds. The van der Waals surface area contributed by atoms with Crippen LogP contribution in [-0.4, -0.2) is 42.3 Å². The van der Waals surface area contributed by atoms with Gasteiger partial charge in [-0.2, -0.15) is 0 Å². The number of benzene rings is 1. The van der Waals surface area contributed by atoms with Crippen molar-refractivity contribution < 1.29 is 18.8 Å². The minimum atomic E-state index is -0.579. The van der Waals surface area contributed by atoms with Crippen LogP contribution in [0.2, 0.25) is 0 Å². The Labute approximate surface area is 120 Å². The lowest BCUT2D eigenvalue weighted by atomic mass is 10.2. The SMILES string of the molecule is Nc1ccc(F)c(NC(=O)CCN2CC(=O)NC(=O)C2)c1. The van der Waals surface area contributed by atoms with Crippen molar-refractivity contribution in [2.24, 2.45) is 0 Å². The topological polar surface area (TPSA) is 105 Å². The number of nitrogen functional groups attached to an aromatic ring is 1. The standard InChI is InChI=1S/C13H15FN4O3/c14-9-2-1-8(15)5-10(9)16-11(19)3-4-18-6-12(20)17-13(21)7-18/h1-2,5H,3-4,6-7,15H2,(H,16,19)(H,17,20,21). The summed E-state index contributed by atoms with van der Waals surface area (Å²) < 4.78 is 13.4. The van der Waals surface area contributed by atoms with Crippen LogP contribution >= 0.6 is 0 Å². The highest BCUT2D eigenvalue weighted by Gasteiger charge is 2.22. The van der Waals surface area contributed by atoms with Gasteiger partial charge in [-0.1, -0.05) is 0 Å². The van der Waals surface area contributed by atoms with Crippen LogP contribution in [0.4, 0.5) is 15.8 Å². The van der Waals surface area contributed by atoms with Crippen molar-refractivity contribution >= 4 is 29.1 Å². The largest absolute Gasteiger partial charge is 0.399 e. The zero-order valence-electron chi connectivity index (χ0n) is 11.2. The highest BCUT2D eigenvalue weighted by Crippen LogP contribution is 2.17. The number of carbonyl (C=O) groups is 3. The number of hydrogen-bond acceptors (Lipinski definition) is 5. The van der Waals surface area contributed by atoms with Crippen LogP contribution in [0.25, 0.3) is 0 Å². The van der Waals surface area contributed by atoms with Gasteiger partial charge in [0.2, 0.25) is 17.7 Å². The molecule has 2 rings (SSSR count). The van der Waals surface area contributed by atoms with Gasteiger partial charge in [0.25, 0.3) is 0 Å². The molecule has 21 heavy (non-hydrogen) atoms. The molecular formula is C13H15FN4O3. The Bertz CT molecular complexity index is 575. The third-order valence-corrected chi connectivity index (χ3v) is 2.93. The van der Waals surface area contributed by atoms with Gasteiger partial charge in [-0.25, -0.2) is 4.39 Å². The highest BCUT2D eigenvalue weighted by molar-refractivity contribution is 5.99. The molecule has 0 bridgehead atoms. The van der Waals surface area contributed by atoms with Gasteiger partial charge in [-0.05, 0) is 18.2 Å². The van der Waals surface area contributed by atoms with E-state index >= 15 is 0 Å². The van der Waals surface area contributed by atoms with Gasteiger partial charge in [-0.3, -0.25) is 24.6 Å². The molecule has 1 aromatic rings. The predicted molar refractivity (Wildman–Crippen MR) is 73.6 cm³/mol. The Morgan fingerprint density at radius 3 is 2.67 bits per heavy atom. The lowest BCUT2D eigenvalue weighted by Crippen LogP contribution is -2.51. The number of halogens is 1. The molecule has 7 nitrogen and oxygen atoms in total. The van der Waals surface area contributed by atoms with E-state index in [4.69, 9.17) is 5.73 Å². The maximum absolute atomic E-state index is 13.4. The maximum atomic E-state index is 13.4. The molecule has 0 aliphatic carbocycles. The molecule has 0 aromatic heterocycles. The summed E-state index contributed by atoms with van der Waals surface area (Å²) in [7, 11) is 0. The van der Waals surface area contributed by atoms with Crippen molar-refractivity contribution in [3.8, 4) is 0 Å². The molecule has 1 aromatic carbocycles. The molecule has 0 radical (unpaired) electrons. The zero-order chi connectivity index (χ0) is 15.4. The second kappa shape index (κ2) is 6.31. The number of amides is 3. The number of hydrogen-bond donors (Lipinski definition) is 3. The summed E-state index contributed by atoms with van der Waals surface area (Å²) in [6.07, 6.45) is 0.0365. The van der Waals surface area contributed by atoms with E-state index in [1.165, 1.54) is 18.2 Å². The van der Waals surface area contributed by atoms with Crippen molar-refractivity contribution in [2.75, 3.05) is 30.7 Å². The smallest absolute Gasteiger partial charge is 0.240 e. The monoisotopic (exact) mass is 294 g/mol. The number of nitrogens with one attached hydrogen (secondary N) is 2. The van der Waals surface area contributed by atoms with Crippen molar-refractivity contribution in [2.45, 2.75) is 6.42 Å². The summed E-state index contributed by atoms with van der Waals surface area (Å²) in [6.45, 7) is 0.353. The minimum Gasteiger partial charge on any atom is -0.399 e. The van der Waals surface area contributed by atoms with Crippen LogP contribution in [0.15, 0.2) is 18.2 Å². The lowest BCUT2D eigenvalue weighted by molar-refractivity contribution is -0.136. The van der Waals surface area contributed by atoms with Crippen molar-refractivity contribution in [3.05, 3.63) is 24.0 Å². The van der Waals surface area contributed by atoms with Crippen LogP contribution in [0.1, 0.15) is 6.42 Å². The molecule has 0 atom stereocenters. The van der Waals surface area contributed by atoms with E-state index in [1.807, 2.05) is 0 Å². The van der Waals surface area contributed by atoms with E-state index in [2.05, 4.69) is 10.6 Å². The molecular weight excluding hydrogens is 279 g/mol. The van der Waals surface area contributed by atoms with E-state index in [1.54, 1.807) is 4.90 Å². The fraction of sp³-hybridized carbons (Fsp3) is 0.308. The van der Waals surface area contributed by atoms with Crippen molar-refractivity contribution in [1.29, 1.82) is 0 Å². The molecule has 0 spiro atoms. The minimum absolute atomic E-state index is 0.00691. The van der Waals surface area contributed by atoms with E-state index in [-0.39, 0.29) is 31.7 Å². The van der Waals surface area contributed by atoms with Gasteiger partial charge < -0.3 is 11.1 Å². The average Bonchev–Trinajstić information content (AvgIpc) is 2.40. The van der Waals surface area contributed by atoms with Gasteiger partial charge in [0.05, 0.1) is 18.8 Å². The van der Waals surface area contributed by atoms with Gasteiger partial charge in [0, 0.05) is 18.7 Å². The molecule has 8 heteroatoms. The van der Waals surface area contributed by atoms with Crippen LogP contribution in [0.3, 0.4) is 0 Å². The van der Waals surface area contributed by atoms with Crippen LogP contribution in [-0.2, 0) is 14.4 Å². The first-order valence-corrected chi connectivity index (χ1v) is 6.34. The Hall–Kier alpha value is -2.48. The average molecular weight is 294 g/mol. The zero-order valence-corrected chi connectivity index (χ0v) is 11.2. The molecule has 1 saturated heterocycles. The van der Waals surface area contributed by atoms with Gasteiger partial charge in [-0.15, -0.1) is 0 Å². The normalized spacial score (nSPS) is 15.7.